The van der Waals surface area contributed by atoms with Gasteiger partial charge in [-0.2, -0.15) is 0 Å². The van der Waals surface area contributed by atoms with Crippen LogP contribution < -0.4 is 14.5 Å². The number of halogens is 1. The predicted molar refractivity (Wildman–Crippen MR) is 124 cm³/mol. The number of sulfonamides is 1. The molecule has 1 aliphatic rings. The number of carboxylic acid groups (broad SMARTS) is 1. The minimum atomic E-state index is -3.81. The molecule has 3 aromatic rings. The third-order valence-electron chi connectivity index (χ3n) is 5.04. The maximum absolute atomic E-state index is 12.8. The SMILES string of the molecule is O=C(O)c1ccc(N2CCN(c3cccc(Cl)c3)CC2)c(NS(=O)(=O)c2cccs2)c1. The minimum absolute atomic E-state index is 0.0187. The first-order valence-corrected chi connectivity index (χ1v) is 12.3. The second kappa shape index (κ2) is 8.78. The molecule has 1 aliphatic heterocycles. The first-order valence-electron chi connectivity index (χ1n) is 9.52. The van der Waals surface area contributed by atoms with Crippen LogP contribution in [0.4, 0.5) is 17.1 Å². The van der Waals surface area contributed by atoms with Crippen LogP contribution in [0.3, 0.4) is 0 Å². The smallest absolute Gasteiger partial charge is 0.335 e. The number of rotatable bonds is 6. The van der Waals surface area contributed by atoms with Crippen molar-refractivity contribution in [2.24, 2.45) is 0 Å². The van der Waals surface area contributed by atoms with Gasteiger partial charge in [0.1, 0.15) is 4.21 Å². The Morgan fingerprint density at radius 2 is 1.74 bits per heavy atom. The number of anilines is 3. The number of hydrogen-bond donors (Lipinski definition) is 2. The highest BCUT2D eigenvalue weighted by Crippen LogP contribution is 2.32. The van der Waals surface area contributed by atoms with Gasteiger partial charge in [0.15, 0.2) is 0 Å². The summed E-state index contributed by atoms with van der Waals surface area (Å²) < 4.78 is 28.3. The second-order valence-corrected chi connectivity index (χ2v) is 10.3. The largest absolute Gasteiger partial charge is 0.478 e. The molecule has 31 heavy (non-hydrogen) atoms. The van der Waals surface area contributed by atoms with E-state index in [-0.39, 0.29) is 15.5 Å². The summed E-state index contributed by atoms with van der Waals surface area (Å²) in [5.74, 6) is -1.12. The number of thiophene rings is 1. The second-order valence-electron chi connectivity index (χ2n) is 7.03. The van der Waals surface area contributed by atoms with Crippen molar-refractivity contribution < 1.29 is 18.3 Å². The molecule has 2 aromatic carbocycles. The average molecular weight is 478 g/mol. The van der Waals surface area contributed by atoms with Gasteiger partial charge in [-0.1, -0.05) is 23.7 Å². The van der Waals surface area contributed by atoms with Gasteiger partial charge in [0.2, 0.25) is 0 Å². The minimum Gasteiger partial charge on any atom is -0.478 e. The molecule has 1 fully saturated rings. The molecule has 0 spiro atoms. The molecule has 0 unspecified atom stereocenters. The molecule has 0 radical (unpaired) electrons. The van der Waals surface area contributed by atoms with E-state index in [0.717, 1.165) is 30.1 Å². The molecule has 10 heteroatoms. The highest BCUT2D eigenvalue weighted by molar-refractivity contribution is 7.94. The van der Waals surface area contributed by atoms with E-state index in [9.17, 15) is 18.3 Å². The molecule has 2 heterocycles. The number of hydrogen-bond acceptors (Lipinski definition) is 6. The maximum Gasteiger partial charge on any atom is 0.335 e. The van der Waals surface area contributed by atoms with Crippen LogP contribution in [0.5, 0.6) is 0 Å². The molecule has 4 rings (SSSR count). The van der Waals surface area contributed by atoms with Crippen LogP contribution in [0.15, 0.2) is 64.2 Å². The molecule has 2 N–H and O–H groups in total. The average Bonchev–Trinajstić information content (AvgIpc) is 3.30. The third kappa shape index (κ3) is 4.79. The lowest BCUT2D eigenvalue weighted by molar-refractivity contribution is 0.0697. The van der Waals surface area contributed by atoms with Gasteiger partial charge >= 0.3 is 5.97 Å². The summed E-state index contributed by atoms with van der Waals surface area (Å²) in [5, 5.41) is 11.7. The molecule has 0 atom stereocenters. The Balaban J connectivity index is 1.59. The number of carbonyl (C=O) groups is 1. The van der Waals surface area contributed by atoms with E-state index in [4.69, 9.17) is 11.6 Å². The van der Waals surface area contributed by atoms with Gasteiger partial charge in [-0.05, 0) is 47.8 Å². The molecular formula is C21H20ClN3O4S2. The van der Waals surface area contributed by atoms with Gasteiger partial charge in [0.25, 0.3) is 10.0 Å². The van der Waals surface area contributed by atoms with Gasteiger partial charge in [0.05, 0.1) is 16.9 Å². The van der Waals surface area contributed by atoms with Crippen molar-refractivity contribution in [1.29, 1.82) is 0 Å². The fraction of sp³-hybridized carbons (Fsp3) is 0.190. The monoisotopic (exact) mass is 477 g/mol. The molecule has 162 valence electrons. The molecule has 1 aromatic heterocycles. The third-order valence-corrected chi connectivity index (χ3v) is 8.04. The lowest BCUT2D eigenvalue weighted by Gasteiger charge is -2.38. The zero-order valence-corrected chi connectivity index (χ0v) is 18.8. The summed E-state index contributed by atoms with van der Waals surface area (Å²) in [6, 6.07) is 15.3. The van der Waals surface area contributed by atoms with Crippen LogP contribution in [-0.2, 0) is 10.0 Å². The van der Waals surface area contributed by atoms with Gasteiger partial charge in [-0.15, -0.1) is 11.3 Å². The van der Waals surface area contributed by atoms with E-state index in [0.29, 0.717) is 23.8 Å². The van der Waals surface area contributed by atoms with E-state index >= 15 is 0 Å². The van der Waals surface area contributed by atoms with Crippen molar-refractivity contribution in [1.82, 2.24) is 0 Å². The molecule has 0 bridgehead atoms. The molecule has 0 saturated carbocycles. The Morgan fingerprint density at radius 3 is 2.39 bits per heavy atom. The van der Waals surface area contributed by atoms with Crippen LogP contribution in [-0.4, -0.2) is 45.7 Å². The Hall–Kier alpha value is -2.75. The summed E-state index contributed by atoms with van der Waals surface area (Å²) >= 11 is 7.21. The number of nitrogens with zero attached hydrogens (tertiary/aromatic N) is 2. The number of aromatic carboxylic acids is 1. The summed E-state index contributed by atoms with van der Waals surface area (Å²) in [6.07, 6.45) is 0. The fourth-order valence-electron chi connectivity index (χ4n) is 3.52. The van der Waals surface area contributed by atoms with Crippen molar-refractivity contribution in [2.45, 2.75) is 4.21 Å². The van der Waals surface area contributed by atoms with Crippen LogP contribution in [0, 0.1) is 0 Å². The summed E-state index contributed by atoms with van der Waals surface area (Å²) in [5.41, 5.74) is 1.96. The van der Waals surface area contributed by atoms with Gasteiger partial charge in [0, 0.05) is 36.9 Å². The van der Waals surface area contributed by atoms with Crippen molar-refractivity contribution in [3.05, 3.63) is 70.6 Å². The zero-order valence-electron chi connectivity index (χ0n) is 16.4. The maximum atomic E-state index is 12.8. The number of benzene rings is 2. The Bertz CT molecular complexity index is 1190. The van der Waals surface area contributed by atoms with Crippen LogP contribution >= 0.6 is 22.9 Å². The lowest BCUT2D eigenvalue weighted by Crippen LogP contribution is -2.46. The van der Waals surface area contributed by atoms with Crippen molar-refractivity contribution in [3.63, 3.8) is 0 Å². The van der Waals surface area contributed by atoms with Gasteiger partial charge < -0.3 is 14.9 Å². The number of nitrogens with one attached hydrogen (secondary N) is 1. The van der Waals surface area contributed by atoms with E-state index in [2.05, 4.69) is 14.5 Å². The molecule has 7 nitrogen and oxygen atoms in total. The molecular weight excluding hydrogens is 458 g/mol. The quantitative estimate of drug-likeness (QED) is 0.552. The van der Waals surface area contributed by atoms with Crippen LogP contribution in [0.1, 0.15) is 10.4 Å². The zero-order chi connectivity index (χ0) is 22.0. The highest BCUT2D eigenvalue weighted by atomic mass is 35.5. The van der Waals surface area contributed by atoms with E-state index in [1.807, 2.05) is 24.3 Å². The molecule has 0 aliphatic carbocycles. The normalized spacial score (nSPS) is 14.5. The first-order chi connectivity index (χ1) is 14.8. The number of piperazine rings is 1. The highest BCUT2D eigenvalue weighted by Gasteiger charge is 2.24. The van der Waals surface area contributed by atoms with Gasteiger partial charge in [-0.25, -0.2) is 13.2 Å². The molecule has 1 saturated heterocycles. The Kier molecular flexibility index (Phi) is 6.08. The van der Waals surface area contributed by atoms with Crippen molar-refractivity contribution >= 4 is 56.0 Å². The summed E-state index contributed by atoms with van der Waals surface area (Å²) in [4.78, 5) is 15.7. The fourth-order valence-corrected chi connectivity index (χ4v) is 5.76. The van der Waals surface area contributed by atoms with Crippen molar-refractivity contribution in [3.8, 4) is 0 Å². The predicted octanol–water partition coefficient (Wildman–Crippen LogP) is 4.23. The van der Waals surface area contributed by atoms with Crippen LogP contribution in [0.2, 0.25) is 5.02 Å². The lowest BCUT2D eigenvalue weighted by atomic mass is 10.1. The van der Waals surface area contributed by atoms with E-state index in [1.54, 1.807) is 17.5 Å². The number of carboxylic acids is 1. The van der Waals surface area contributed by atoms with E-state index in [1.165, 1.54) is 18.2 Å². The van der Waals surface area contributed by atoms with E-state index < -0.39 is 16.0 Å². The topological polar surface area (TPSA) is 89.9 Å². The summed E-state index contributed by atoms with van der Waals surface area (Å²) in [7, 11) is -3.81. The van der Waals surface area contributed by atoms with Crippen LogP contribution in [0.25, 0.3) is 0 Å². The first kappa shape index (κ1) is 21.5. The standard InChI is InChI=1S/C21H20ClN3O4S2/c22-16-3-1-4-17(14-16)24-8-10-25(11-9-24)19-7-6-15(21(26)27)13-18(19)23-31(28,29)20-5-2-12-30-20/h1-7,12-14,23H,8-11H2,(H,26,27). The van der Waals surface area contributed by atoms with Crippen molar-refractivity contribution in [2.75, 3.05) is 40.7 Å². The Morgan fingerprint density at radius 1 is 1.00 bits per heavy atom. The van der Waals surface area contributed by atoms with Gasteiger partial charge in [-0.3, -0.25) is 4.72 Å². The molecule has 0 amide bonds. The summed E-state index contributed by atoms with van der Waals surface area (Å²) in [6.45, 7) is 2.73. The Labute approximate surface area is 189 Å².